The molecule has 5 nitrogen and oxygen atoms in total. The van der Waals surface area contributed by atoms with Crippen molar-refractivity contribution >= 4 is 22.0 Å². The van der Waals surface area contributed by atoms with Crippen LogP contribution >= 0.6 is 11.8 Å². The molecule has 2 fully saturated rings. The van der Waals surface area contributed by atoms with E-state index in [1.54, 1.807) is 8.61 Å². The van der Waals surface area contributed by atoms with Crippen molar-refractivity contribution in [3.8, 4) is 0 Å². The van der Waals surface area contributed by atoms with Crippen LogP contribution in [0.25, 0.3) is 0 Å². The van der Waals surface area contributed by atoms with Crippen LogP contribution < -0.4 is 5.32 Å². The summed E-state index contributed by atoms with van der Waals surface area (Å²) in [5.41, 5.74) is 0. The van der Waals surface area contributed by atoms with E-state index in [9.17, 15) is 8.42 Å². The van der Waals surface area contributed by atoms with E-state index < -0.39 is 10.2 Å². The summed E-state index contributed by atoms with van der Waals surface area (Å²) in [6, 6.07) is 0. The Bertz CT molecular complexity index is 341. The Balaban J connectivity index is 2.03. The van der Waals surface area contributed by atoms with E-state index in [1.807, 2.05) is 11.8 Å². The van der Waals surface area contributed by atoms with Crippen LogP contribution in [-0.2, 0) is 10.2 Å². The molecule has 0 aromatic carbocycles. The molecule has 0 radical (unpaired) electrons. The Morgan fingerprint density at radius 2 is 1.94 bits per heavy atom. The summed E-state index contributed by atoms with van der Waals surface area (Å²) in [4.78, 5) is 0. The summed E-state index contributed by atoms with van der Waals surface area (Å²) < 4.78 is 28.1. The fourth-order valence-electron chi connectivity index (χ4n) is 2.19. The molecule has 0 saturated carbocycles. The third-order valence-corrected chi connectivity index (χ3v) is 6.66. The van der Waals surface area contributed by atoms with Gasteiger partial charge in [-0.05, 0) is 6.42 Å². The zero-order valence-corrected chi connectivity index (χ0v) is 11.9. The van der Waals surface area contributed by atoms with Crippen LogP contribution in [0.1, 0.15) is 13.3 Å². The normalized spacial score (nSPS) is 29.4. The lowest BCUT2D eigenvalue weighted by molar-refractivity contribution is 0.312. The summed E-state index contributed by atoms with van der Waals surface area (Å²) in [5, 5.41) is 3.64. The van der Waals surface area contributed by atoms with Crippen LogP contribution in [0.3, 0.4) is 0 Å². The molecule has 2 aliphatic rings. The van der Waals surface area contributed by atoms with E-state index in [0.29, 0.717) is 31.4 Å². The Hall–Kier alpha value is 0.180. The zero-order chi connectivity index (χ0) is 12.3. The zero-order valence-electron chi connectivity index (χ0n) is 10.3. The van der Waals surface area contributed by atoms with Gasteiger partial charge in [-0.3, -0.25) is 0 Å². The molecule has 0 aromatic rings. The topological polar surface area (TPSA) is 52.7 Å². The number of hydrogen-bond acceptors (Lipinski definition) is 4. The van der Waals surface area contributed by atoms with Gasteiger partial charge in [0.1, 0.15) is 0 Å². The number of nitrogens with one attached hydrogen (secondary N) is 1. The largest absolute Gasteiger partial charge is 0.314 e. The lowest BCUT2D eigenvalue weighted by Crippen LogP contribution is -2.54. The maximum absolute atomic E-state index is 12.4. The predicted molar refractivity (Wildman–Crippen MR) is 71.5 cm³/mol. The summed E-state index contributed by atoms with van der Waals surface area (Å²) in [5.74, 6) is 0.920. The average Bonchev–Trinajstić information content (AvgIpc) is 2.40. The molecule has 0 aromatic heterocycles. The number of nitrogens with zero attached hydrogens (tertiary/aromatic N) is 2. The first kappa shape index (κ1) is 13.6. The second kappa shape index (κ2) is 5.88. The smallest absolute Gasteiger partial charge is 0.282 e. The van der Waals surface area contributed by atoms with Crippen molar-refractivity contribution < 1.29 is 8.42 Å². The third kappa shape index (κ3) is 3.14. The van der Waals surface area contributed by atoms with Crippen molar-refractivity contribution in [3.63, 3.8) is 0 Å². The standard InChI is InChI=1S/C10H21N3O2S2/c1-2-10-9-13(7-8-16-10)17(14,15)12-5-3-11-4-6-12/h10-11H,2-9H2,1H3. The highest BCUT2D eigenvalue weighted by molar-refractivity contribution is 8.00. The van der Waals surface area contributed by atoms with Crippen LogP contribution in [0.5, 0.6) is 0 Å². The molecule has 1 N–H and O–H groups in total. The highest BCUT2D eigenvalue weighted by Crippen LogP contribution is 2.24. The van der Waals surface area contributed by atoms with E-state index in [4.69, 9.17) is 0 Å². The van der Waals surface area contributed by atoms with Crippen LogP contribution in [0.2, 0.25) is 0 Å². The lowest BCUT2D eigenvalue weighted by atomic mass is 10.3. The maximum Gasteiger partial charge on any atom is 0.282 e. The minimum absolute atomic E-state index is 0.460. The molecule has 0 bridgehead atoms. The number of piperazine rings is 1. The molecule has 17 heavy (non-hydrogen) atoms. The monoisotopic (exact) mass is 279 g/mol. The van der Waals surface area contributed by atoms with Gasteiger partial charge in [-0.15, -0.1) is 0 Å². The molecule has 0 amide bonds. The van der Waals surface area contributed by atoms with Gasteiger partial charge in [-0.25, -0.2) is 0 Å². The fourth-order valence-corrected chi connectivity index (χ4v) is 5.24. The second-order valence-electron chi connectivity index (χ2n) is 4.42. The van der Waals surface area contributed by atoms with E-state index in [0.717, 1.165) is 25.3 Å². The van der Waals surface area contributed by atoms with Crippen molar-refractivity contribution in [1.82, 2.24) is 13.9 Å². The molecule has 1 unspecified atom stereocenters. The van der Waals surface area contributed by atoms with Crippen molar-refractivity contribution in [1.29, 1.82) is 0 Å². The highest BCUT2D eigenvalue weighted by Gasteiger charge is 2.33. The van der Waals surface area contributed by atoms with Gasteiger partial charge in [0, 0.05) is 50.3 Å². The number of rotatable bonds is 3. The van der Waals surface area contributed by atoms with Crippen LogP contribution in [0.4, 0.5) is 0 Å². The molecule has 2 aliphatic heterocycles. The fraction of sp³-hybridized carbons (Fsp3) is 1.00. The predicted octanol–water partition coefficient (Wildman–Crippen LogP) is -0.0362. The van der Waals surface area contributed by atoms with Gasteiger partial charge < -0.3 is 5.32 Å². The Morgan fingerprint density at radius 1 is 1.24 bits per heavy atom. The maximum atomic E-state index is 12.4. The molecular formula is C10H21N3O2S2. The van der Waals surface area contributed by atoms with Crippen molar-refractivity contribution in [3.05, 3.63) is 0 Å². The summed E-state index contributed by atoms with van der Waals surface area (Å²) in [6.07, 6.45) is 1.04. The van der Waals surface area contributed by atoms with E-state index in [1.165, 1.54) is 0 Å². The minimum Gasteiger partial charge on any atom is -0.314 e. The Morgan fingerprint density at radius 3 is 2.59 bits per heavy atom. The molecule has 7 heteroatoms. The van der Waals surface area contributed by atoms with Gasteiger partial charge in [0.2, 0.25) is 0 Å². The molecule has 2 heterocycles. The molecule has 100 valence electrons. The van der Waals surface area contributed by atoms with Crippen molar-refractivity contribution in [2.45, 2.75) is 18.6 Å². The van der Waals surface area contributed by atoms with Crippen LogP contribution in [0, 0.1) is 0 Å². The van der Waals surface area contributed by atoms with Crippen LogP contribution in [-0.4, -0.2) is 67.3 Å². The SMILES string of the molecule is CCC1CN(S(=O)(=O)N2CCNCC2)CCS1. The average molecular weight is 279 g/mol. The van der Waals surface area contributed by atoms with Gasteiger partial charge in [0.25, 0.3) is 10.2 Å². The van der Waals surface area contributed by atoms with Gasteiger partial charge >= 0.3 is 0 Å². The van der Waals surface area contributed by atoms with Crippen molar-refractivity contribution in [2.75, 3.05) is 45.0 Å². The Kier molecular flexibility index (Phi) is 4.71. The molecule has 2 saturated heterocycles. The van der Waals surface area contributed by atoms with E-state index >= 15 is 0 Å². The van der Waals surface area contributed by atoms with Gasteiger partial charge in [0.05, 0.1) is 0 Å². The summed E-state index contributed by atoms with van der Waals surface area (Å²) in [7, 11) is -3.21. The second-order valence-corrected chi connectivity index (χ2v) is 7.75. The third-order valence-electron chi connectivity index (χ3n) is 3.29. The Labute approximate surface area is 108 Å². The molecule has 0 aliphatic carbocycles. The molecule has 0 spiro atoms. The van der Waals surface area contributed by atoms with E-state index in [-0.39, 0.29) is 0 Å². The van der Waals surface area contributed by atoms with Gasteiger partial charge in [0.15, 0.2) is 0 Å². The summed E-state index contributed by atoms with van der Waals surface area (Å²) in [6.45, 7) is 6.18. The quantitative estimate of drug-likeness (QED) is 0.788. The van der Waals surface area contributed by atoms with Gasteiger partial charge in [-0.1, -0.05) is 6.92 Å². The number of hydrogen-bond donors (Lipinski definition) is 1. The highest BCUT2D eigenvalue weighted by atomic mass is 32.2. The molecule has 1 atom stereocenters. The first-order valence-electron chi connectivity index (χ1n) is 6.22. The molecular weight excluding hydrogens is 258 g/mol. The van der Waals surface area contributed by atoms with Gasteiger partial charge in [-0.2, -0.15) is 28.8 Å². The first-order chi connectivity index (χ1) is 8.14. The van der Waals surface area contributed by atoms with E-state index in [2.05, 4.69) is 12.2 Å². The lowest BCUT2D eigenvalue weighted by Gasteiger charge is -2.36. The van der Waals surface area contributed by atoms with Crippen LogP contribution in [0.15, 0.2) is 0 Å². The molecule has 2 rings (SSSR count). The summed E-state index contributed by atoms with van der Waals surface area (Å²) >= 11 is 1.89. The first-order valence-corrected chi connectivity index (χ1v) is 8.66. The minimum atomic E-state index is -3.21. The number of thioether (sulfide) groups is 1. The van der Waals surface area contributed by atoms with Crippen molar-refractivity contribution in [2.24, 2.45) is 0 Å².